The Balaban J connectivity index is 1.89. The molecule has 0 saturated carbocycles. The molecule has 3 rings (SSSR count). The third kappa shape index (κ3) is 2.74. The lowest BCUT2D eigenvalue weighted by atomic mass is 10.1. The number of aryl methyl sites for hydroxylation is 2. The second-order valence-corrected chi connectivity index (χ2v) is 6.49. The van der Waals surface area contributed by atoms with E-state index in [2.05, 4.69) is 31.0 Å². The number of benzene rings is 1. The monoisotopic (exact) mass is 299 g/mol. The van der Waals surface area contributed by atoms with Gasteiger partial charge in [0, 0.05) is 13.1 Å². The Morgan fingerprint density at radius 3 is 2.41 bits per heavy atom. The van der Waals surface area contributed by atoms with Gasteiger partial charge in [-0.15, -0.1) is 0 Å². The minimum atomic E-state index is -0.190. The molecule has 2 aromatic rings. The normalized spacial score (nSPS) is 17.5. The van der Waals surface area contributed by atoms with E-state index in [-0.39, 0.29) is 11.9 Å². The van der Waals surface area contributed by atoms with Gasteiger partial charge in [-0.05, 0) is 56.9 Å². The number of hydrogen-bond acceptors (Lipinski definition) is 2. The number of hydrogen-bond donors (Lipinski definition) is 0. The van der Waals surface area contributed by atoms with Crippen molar-refractivity contribution in [1.29, 1.82) is 0 Å². The van der Waals surface area contributed by atoms with Crippen molar-refractivity contribution in [1.82, 2.24) is 14.5 Å². The van der Waals surface area contributed by atoms with E-state index in [1.165, 1.54) is 24.0 Å². The molecule has 2 heterocycles. The van der Waals surface area contributed by atoms with Gasteiger partial charge in [0.25, 0.3) is 0 Å². The van der Waals surface area contributed by atoms with Crippen LogP contribution in [0.5, 0.6) is 0 Å². The van der Waals surface area contributed by atoms with Crippen LogP contribution in [-0.4, -0.2) is 33.4 Å². The van der Waals surface area contributed by atoms with Crippen molar-refractivity contribution in [2.45, 2.75) is 52.5 Å². The number of rotatable bonds is 2. The minimum absolute atomic E-state index is 0.190. The van der Waals surface area contributed by atoms with Crippen LogP contribution in [0.15, 0.2) is 18.5 Å². The third-order valence-corrected chi connectivity index (χ3v) is 4.88. The molecule has 0 spiro atoms. The Kier molecular flexibility index (Phi) is 4.19. The Bertz CT molecular complexity index is 681. The molecular weight excluding hydrogens is 274 g/mol. The fraction of sp³-hybridized carbons (Fsp3) is 0.556. The summed E-state index contributed by atoms with van der Waals surface area (Å²) in [5, 5.41) is 0. The van der Waals surface area contributed by atoms with Crippen LogP contribution in [0.1, 0.15) is 49.8 Å². The summed E-state index contributed by atoms with van der Waals surface area (Å²) in [6, 6.07) is 4.05. The molecule has 4 heteroatoms. The van der Waals surface area contributed by atoms with E-state index < -0.39 is 0 Å². The van der Waals surface area contributed by atoms with E-state index in [9.17, 15) is 4.79 Å². The molecule has 22 heavy (non-hydrogen) atoms. The van der Waals surface area contributed by atoms with Gasteiger partial charge in [-0.25, -0.2) is 4.98 Å². The lowest BCUT2D eigenvalue weighted by Crippen LogP contribution is -2.36. The molecule has 1 aromatic carbocycles. The molecule has 1 amide bonds. The summed E-state index contributed by atoms with van der Waals surface area (Å²) in [5.74, 6) is 0.222. The van der Waals surface area contributed by atoms with Gasteiger partial charge in [0.1, 0.15) is 6.04 Å². The first-order valence-electron chi connectivity index (χ1n) is 8.30. The maximum Gasteiger partial charge on any atom is 0.245 e. The molecule has 0 aliphatic carbocycles. The fourth-order valence-corrected chi connectivity index (χ4v) is 3.27. The average molecular weight is 299 g/mol. The van der Waals surface area contributed by atoms with E-state index >= 15 is 0 Å². The van der Waals surface area contributed by atoms with Crippen LogP contribution in [-0.2, 0) is 4.79 Å². The molecule has 0 radical (unpaired) electrons. The topological polar surface area (TPSA) is 38.1 Å². The van der Waals surface area contributed by atoms with Gasteiger partial charge in [-0.3, -0.25) is 4.79 Å². The van der Waals surface area contributed by atoms with Crippen LogP contribution in [0.4, 0.5) is 0 Å². The van der Waals surface area contributed by atoms with Gasteiger partial charge in [0.05, 0.1) is 17.4 Å². The number of amides is 1. The lowest BCUT2D eigenvalue weighted by molar-refractivity contribution is -0.134. The van der Waals surface area contributed by atoms with Crippen LogP contribution in [0.3, 0.4) is 0 Å². The highest BCUT2D eigenvalue weighted by atomic mass is 16.2. The first-order chi connectivity index (χ1) is 10.6. The molecule has 1 atom stereocenters. The number of carbonyl (C=O) groups is 1. The smallest absolute Gasteiger partial charge is 0.245 e. The minimum Gasteiger partial charge on any atom is -0.341 e. The molecule has 1 aromatic heterocycles. The number of carbonyl (C=O) groups excluding carboxylic acids is 1. The van der Waals surface area contributed by atoms with E-state index in [0.29, 0.717) is 0 Å². The van der Waals surface area contributed by atoms with Crippen molar-refractivity contribution in [3.05, 3.63) is 29.6 Å². The number of nitrogens with zero attached hydrogens (tertiary/aromatic N) is 3. The number of imidazole rings is 1. The molecule has 4 nitrogen and oxygen atoms in total. The summed E-state index contributed by atoms with van der Waals surface area (Å²) in [4.78, 5) is 19.3. The zero-order valence-corrected chi connectivity index (χ0v) is 13.8. The maximum atomic E-state index is 12.8. The second-order valence-electron chi connectivity index (χ2n) is 6.49. The average Bonchev–Trinajstić information content (AvgIpc) is 2.74. The third-order valence-electron chi connectivity index (χ3n) is 4.88. The molecule has 1 fully saturated rings. The van der Waals surface area contributed by atoms with E-state index in [1.807, 2.05) is 22.7 Å². The maximum absolute atomic E-state index is 12.8. The number of fused-ring (bicyclic) bond motifs is 1. The fourth-order valence-electron chi connectivity index (χ4n) is 3.27. The van der Waals surface area contributed by atoms with Gasteiger partial charge >= 0.3 is 0 Å². The summed E-state index contributed by atoms with van der Waals surface area (Å²) in [6.07, 6.45) is 6.54. The quantitative estimate of drug-likeness (QED) is 0.849. The molecule has 1 saturated heterocycles. The van der Waals surface area contributed by atoms with Crippen molar-refractivity contribution >= 4 is 16.9 Å². The Morgan fingerprint density at radius 1 is 1.09 bits per heavy atom. The summed E-state index contributed by atoms with van der Waals surface area (Å²) >= 11 is 0. The zero-order chi connectivity index (χ0) is 15.7. The second kappa shape index (κ2) is 6.11. The highest BCUT2D eigenvalue weighted by Crippen LogP contribution is 2.23. The highest BCUT2D eigenvalue weighted by Gasteiger charge is 2.23. The van der Waals surface area contributed by atoms with E-state index in [0.717, 1.165) is 37.0 Å². The predicted molar refractivity (Wildman–Crippen MR) is 89.0 cm³/mol. The molecular formula is C18H25N3O. The van der Waals surface area contributed by atoms with Crippen molar-refractivity contribution in [2.24, 2.45) is 0 Å². The van der Waals surface area contributed by atoms with Crippen LogP contribution in [0, 0.1) is 13.8 Å². The van der Waals surface area contributed by atoms with Crippen molar-refractivity contribution in [3.63, 3.8) is 0 Å². The van der Waals surface area contributed by atoms with Gasteiger partial charge < -0.3 is 9.47 Å². The number of likely N-dealkylation sites (tertiary alicyclic amines) is 1. The van der Waals surface area contributed by atoms with Gasteiger partial charge in [0.2, 0.25) is 5.91 Å². The van der Waals surface area contributed by atoms with Crippen LogP contribution in [0.2, 0.25) is 0 Å². The first-order valence-corrected chi connectivity index (χ1v) is 8.30. The Hall–Kier alpha value is -1.84. The number of aromatic nitrogens is 2. The van der Waals surface area contributed by atoms with E-state index in [1.54, 1.807) is 0 Å². The van der Waals surface area contributed by atoms with Gasteiger partial charge in [-0.2, -0.15) is 0 Å². The molecule has 1 aliphatic heterocycles. The SMILES string of the molecule is Cc1cc2ncn([C@H](C)C(=O)N3CCCCCC3)c2cc1C. The largest absolute Gasteiger partial charge is 0.341 e. The highest BCUT2D eigenvalue weighted by molar-refractivity contribution is 5.84. The predicted octanol–water partition coefficient (Wildman–Crippen LogP) is 3.62. The first kappa shape index (κ1) is 15.1. The van der Waals surface area contributed by atoms with E-state index in [4.69, 9.17) is 0 Å². The molecule has 1 aliphatic rings. The standard InChI is InChI=1S/C18H25N3O/c1-13-10-16-17(11-14(13)2)21(12-19-16)15(3)18(22)20-8-6-4-5-7-9-20/h10-12,15H,4-9H2,1-3H3/t15-/m1/s1. The Labute approximate surface area is 132 Å². The van der Waals surface area contributed by atoms with Gasteiger partial charge in [-0.1, -0.05) is 12.8 Å². The van der Waals surface area contributed by atoms with Crippen LogP contribution < -0.4 is 0 Å². The summed E-state index contributed by atoms with van der Waals surface area (Å²) in [7, 11) is 0. The summed E-state index contributed by atoms with van der Waals surface area (Å²) in [5.41, 5.74) is 4.50. The zero-order valence-electron chi connectivity index (χ0n) is 13.8. The summed E-state index contributed by atoms with van der Waals surface area (Å²) in [6.45, 7) is 7.98. The van der Waals surface area contributed by atoms with Crippen molar-refractivity contribution in [2.75, 3.05) is 13.1 Å². The molecule has 0 bridgehead atoms. The Morgan fingerprint density at radius 2 is 1.73 bits per heavy atom. The molecule has 0 unspecified atom stereocenters. The molecule has 118 valence electrons. The molecule has 0 N–H and O–H groups in total. The van der Waals surface area contributed by atoms with Crippen molar-refractivity contribution < 1.29 is 4.79 Å². The summed E-state index contributed by atoms with van der Waals surface area (Å²) < 4.78 is 2.02. The van der Waals surface area contributed by atoms with Crippen LogP contribution in [0.25, 0.3) is 11.0 Å². The van der Waals surface area contributed by atoms with Crippen molar-refractivity contribution in [3.8, 4) is 0 Å². The van der Waals surface area contributed by atoms with Crippen LogP contribution >= 0.6 is 0 Å². The lowest BCUT2D eigenvalue weighted by Gasteiger charge is -2.25. The van der Waals surface area contributed by atoms with Gasteiger partial charge in [0.15, 0.2) is 0 Å².